The topological polar surface area (TPSA) is 120 Å². The fourth-order valence-electron chi connectivity index (χ4n) is 3.89. The molecule has 9 heteroatoms. The number of aromatic amines is 1. The van der Waals surface area contributed by atoms with Gasteiger partial charge in [0.1, 0.15) is 5.82 Å². The molecule has 140 valence electrons. The Morgan fingerprint density at radius 3 is 2.69 bits per heavy atom. The van der Waals surface area contributed by atoms with Gasteiger partial charge in [-0.1, -0.05) is 0 Å². The van der Waals surface area contributed by atoms with E-state index in [2.05, 4.69) is 36.1 Å². The molecule has 2 bridgehead atoms. The van der Waals surface area contributed by atoms with Crippen LogP contribution in [0.5, 0.6) is 5.88 Å². The third kappa shape index (κ3) is 3.88. The summed E-state index contributed by atoms with van der Waals surface area (Å²) in [5.41, 5.74) is 0.632. The Labute approximate surface area is 152 Å². The smallest absolute Gasteiger partial charge is 0.227 e. The summed E-state index contributed by atoms with van der Waals surface area (Å²) in [6, 6.07) is 4.78. The lowest BCUT2D eigenvalue weighted by Gasteiger charge is -2.29. The molecule has 0 spiro atoms. The molecule has 0 aliphatic carbocycles. The predicted molar refractivity (Wildman–Crippen MR) is 97.5 cm³/mol. The van der Waals surface area contributed by atoms with Crippen molar-refractivity contribution >= 4 is 17.6 Å². The van der Waals surface area contributed by atoms with E-state index in [1.54, 1.807) is 19.2 Å². The van der Waals surface area contributed by atoms with Gasteiger partial charge in [0.2, 0.25) is 11.8 Å². The molecule has 9 nitrogen and oxygen atoms in total. The molecule has 4 rings (SSSR count). The molecule has 0 radical (unpaired) electrons. The zero-order valence-electron chi connectivity index (χ0n) is 14.8. The molecular formula is C17H25N7O2. The minimum atomic E-state index is -0.0905. The Bertz CT molecular complexity index is 738. The number of fused-ring (bicyclic) bond motifs is 2. The van der Waals surface area contributed by atoms with Crippen LogP contribution in [0.1, 0.15) is 31.4 Å². The minimum Gasteiger partial charge on any atom is -0.481 e. The Balaban J connectivity index is 1.42. The van der Waals surface area contributed by atoms with Gasteiger partial charge in [-0.3, -0.25) is 5.10 Å². The van der Waals surface area contributed by atoms with E-state index in [0.29, 0.717) is 47.2 Å². The molecule has 5 N–H and O–H groups in total. The number of hydrogen-bond donors (Lipinski definition) is 5. The van der Waals surface area contributed by atoms with Crippen LogP contribution in [0.15, 0.2) is 12.1 Å². The Morgan fingerprint density at radius 2 is 2.00 bits per heavy atom. The van der Waals surface area contributed by atoms with Crippen molar-refractivity contribution in [2.75, 3.05) is 24.3 Å². The summed E-state index contributed by atoms with van der Waals surface area (Å²) in [6.07, 6.45) is 5.00. The molecule has 0 saturated carbocycles. The first-order chi connectivity index (χ1) is 12.7. The van der Waals surface area contributed by atoms with Gasteiger partial charge in [-0.2, -0.15) is 15.1 Å². The SMILES string of the molecule is COc1cc(Nc2cc(CO)[nH]n2)nc(NCC2CC3CCC(C2)N3)n1. The molecule has 2 fully saturated rings. The number of rotatable bonds is 7. The molecule has 2 aromatic rings. The third-order valence-corrected chi connectivity index (χ3v) is 5.09. The van der Waals surface area contributed by atoms with E-state index in [0.717, 1.165) is 6.54 Å². The van der Waals surface area contributed by atoms with Crippen molar-refractivity contribution in [3.05, 3.63) is 17.8 Å². The molecule has 2 aliphatic rings. The van der Waals surface area contributed by atoms with Gasteiger partial charge in [-0.15, -0.1) is 0 Å². The first-order valence-corrected chi connectivity index (χ1v) is 9.07. The fourth-order valence-corrected chi connectivity index (χ4v) is 3.89. The summed E-state index contributed by atoms with van der Waals surface area (Å²) in [5.74, 6) is 2.82. The Hall–Kier alpha value is -2.39. The third-order valence-electron chi connectivity index (χ3n) is 5.09. The highest BCUT2D eigenvalue weighted by atomic mass is 16.5. The average molecular weight is 359 g/mol. The second-order valence-electron chi connectivity index (χ2n) is 7.04. The first-order valence-electron chi connectivity index (χ1n) is 9.07. The second kappa shape index (κ2) is 7.46. The van der Waals surface area contributed by atoms with Gasteiger partial charge in [-0.05, 0) is 31.6 Å². The van der Waals surface area contributed by atoms with Crippen molar-refractivity contribution in [3.8, 4) is 5.88 Å². The minimum absolute atomic E-state index is 0.0905. The average Bonchev–Trinajstić information content (AvgIpc) is 3.25. The summed E-state index contributed by atoms with van der Waals surface area (Å²) in [4.78, 5) is 8.89. The number of nitrogens with zero attached hydrogens (tertiary/aromatic N) is 3. The molecule has 2 unspecified atom stereocenters. The summed E-state index contributed by atoms with van der Waals surface area (Å²) in [5, 5.41) is 26.1. The number of nitrogens with one attached hydrogen (secondary N) is 4. The molecule has 2 atom stereocenters. The van der Waals surface area contributed by atoms with E-state index in [4.69, 9.17) is 9.84 Å². The van der Waals surface area contributed by atoms with Gasteiger partial charge in [0.15, 0.2) is 5.82 Å². The molecule has 2 aromatic heterocycles. The zero-order chi connectivity index (χ0) is 17.9. The number of piperidine rings is 1. The number of hydrogen-bond acceptors (Lipinski definition) is 8. The van der Waals surface area contributed by atoms with Crippen LogP contribution in [0.4, 0.5) is 17.6 Å². The highest BCUT2D eigenvalue weighted by molar-refractivity contribution is 5.55. The number of ether oxygens (including phenoxy) is 1. The number of anilines is 3. The number of aliphatic hydroxyl groups is 1. The van der Waals surface area contributed by atoms with Gasteiger partial charge < -0.3 is 25.8 Å². The molecule has 0 amide bonds. The number of aromatic nitrogens is 4. The number of aliphatic hydroxyl groups excluding tert-OH is 1. The van der Waals surface area contributed by atoms with Crippen LogP contribution < -0.4 is 20.7 Å². The van der Waals surface area contributed by atoms with Crippen LogP contribution in [-0.2, 0) is 6.61 Å². The van der Waals surface area contributed by atoms with E-state index in [9.17, 15) is 0 Å². The van der Waals surface area contributed by atoms with Crippen molar-refractivity contribution in [1.82, 2.24) is 25.5 Å². The molecule has 4 heterocycles. The zero-order valence-corrected chi connectivity index (χ0v) is 14.8. The lowest BCUT2D eigenvalue weighted by atomic mass is 9.92. The highest BCUT2D eigenvalue weighted by Crippen LogP contribution is 2.31. The van der Waals surface area contributed by atoms with Gasteiger partial charge in [-0.25, -0.2) is 0 Å². The van der Waals surface area contributed by atoms with Crippen molar-refractivity contribution in [1.29, 1.82) is 0 Å². The molecule has 2 saturated heterocycles. The maximum Gasteiger partial charge on any atom is 0.227 e. The van der Waals surface area contributed by atoms with Crippen LogP contribution in [-0.4, -0.2) is 51.0 Å². The van der Waals surface area contributed by atoms with Gasteiger partial charge in [0.25, 0.3) is 0 Å². The van der Waals surface area contributed by atoms with Crippen LogP contribution in [0.3, 0.4) is 0 Å². The lowest BCUT2D eigenvalue weighted by molar-refractivity contribution is 0.276. The maximum absolute atomic E-state index is 9.12. The van der Waals surface area contributed by atoms with E-state index in [1.807, 2.05) is 0 Å². The summed E-state index contributed by atoms with van der Waals surface area (Å²) in [6.45, 7) is 0.769. The first kappa shape index (κ1) is 17.0. The van der Waals surface area contributed by atoms with E-state index in [-0.39, 0.29) is 6.61 Å². The number of methoxy groups -OCH3 is 1. The highest BCUT2D eigenvalue weighted by Gasteiger charge is 2.33. The Kier molecular flexibility index (Phi) is 4.89. The predicted octanol–water partition coefficient (Wildman–Crippen LogP) is 1.39. The van der Waals surface area contributed by atoms with Crippen molar-refractivity contribution in [2.24, 2.45) is 5.92 Å². The monoisotopic (exact) mass is 359 g/mol. The van der Waals surface area contributed by atoms with Crippen molar-refractivity contribution < 1.29 is 9.84 Å². The van der Waals surface area contributed by atoms with Crippen LogP contribution in [0, 0.1) is 5.92 Å². The van der Waals surface area contributed by atoms with E-state index >= 15 is 0 Å². The normalized spacial score (nSPS) is 24.5. The quantitative estimate of drug-likeness (QED) is 0.503. The van der Waals surface area contributed by atoms with Crippen LogP contribution in [0.2, 0.25) is 0 Å². The summed E-state index contributed by atoms with van der Waals surface area (Å²) < 4.78 is 5.29. The lowest BCUT2D eigenvalue weighted by Crippen LogP contribution is -2.40. The van der Waals surface area contributed by atoms with Gasteiger partial charge in [0.05, 0.1) is 19.4 Å². The largest absolute Gasteiger partial charge is 0.481 e. The summed E-state index contributed by atoms with van der Waals surface area (Å²) in [7, 11) is 1.58. The number of H-pyrrole nitrogens is 1. The molecular weight excluding hydrogens is 334 g/mol. The van der Waals surface area contributed by atoms with Gasteiger partial charge >= 0.3 is 0 Å². The van der Waals surface area contributed by atoms with Crippen LogP contribution >= 0.6 is 0 Å². The Morgan fingerprint density at radius 1 is 1.19 bits per heavy atom. The summed E-state index contributed by atoms with van der Waals surface area (Å²) >= 11 is 0. The molecule has 0 aromatic carbocycles. The van der Waals surface area contributed by atoms with Crippen molar-refractivity contribution in [3.63, 3.8) is 0 Å². The fraction of sp³-hybridized carbons (Fsp3) is 0.588. The molecule has 2 aliphatic heterocycles. The standard InChI is InChI=1S/C17H25N7O2/c1-26-16-7-14(20-15-6-13(9-25)23-24-15)21-17(22-16)18-8-10-4-11-2-3-12(5-10)19-11/h6-7,10-12,19,25H,2-5,8-9H2,1H3,(H3,18,20,21,22,23,24). The molecule has 26 heavy (non-hydrogen) atoms. The van der Waals surface area contributed by atoms with E-state index < -0.39 is 0 Å². The second-order valence-corrected chi connectivity index (χ2v) is 7.04. The van der Waals surface area contributed by atoms with Crippen LogP contribution in [0.25, 0.3) is 0 Å². The van der Waals surface area contributed by atoms with E-state index in [1.165, 1.54) is 25.7 Å². The maximum atomic E-state index is 9.12. The van der Waals surface area contributed by atoms with Gasteiger partial charge in [0, 0.05) is 30.8 Å². The van der Waals surface area contributed by atoms with Crippen molar-refractivity contribution in [2.45, 2.75) is 44.4 Å².